The van der Waals surface area contributed by atoms with Crippen molar-refractivity contribution in [1.82, 2.24) is 0 Å². The largest absolute Gasteiger partial charge is 0.507 e. The lowest BCUT2D eigenvalue weighted by molar-refractivity contribution is -0.930. The van der Waals surface area contributed by atoms with Crippen molar-refractivity contribution in [2.75, 3.05) is 26.7 Å². The Balaban J connectivity index is 1.60. The Kier molecular flexibility index (Phi) is 3.78. The second kappa shape index (κ2) is 6.29. The lowest BCUT2D eigenvalue weighted by Crippen LogP contribution is -3.13. The quantitative estimate of drug-likeness (QED) is 0.881. The molecule has 1 saturated heterocycles. The van der Waals surface area contributed by atoms with E-state index in [1.54, 1.807) is 6.07 Å². The number of ether oxygens (including phenoxy) is 4. The van der Waals surface area contributed by atoms with Crippen molar-refractivity contribution < 1.29 is 29.0 Å². The Bertz CT molecular complexity index is 831. The van der Waals surface area contributed by atoms with Crippen molar-refractivity contribution in [1.29, 1.82) is 0 Å². The fourth-order valence-electron chi connectivity index (χ4n) is 4.20. The van der Waals surface area contributed by atoms with Gasteiger partial charge >= 0.3 is 0 Å². The number of likely N-dealkylation sites (tertiary alicyclic amines) is 1. The molecule has 2 aromatic carbocycles. The second-order valence-electron chi connectivity index (χ2n) is 7.03. The van der Waals surface area contributed by atoms with E-state index < -0.39 is 0 Å². The van der Waals surface area contributed by atoms with Gasteiger partial charge in [-0.1, -0.05) is 0 Å². The summed E-state index contributed by atoms with van der Waals surface area (Å²) in [6, 6.07) is 9.68. The first-order chi connectivity index (χ1) is 12.8. The molecule has 0 radical (unpaired) electrons. The summed E-state index contributed by atoms with van der Waals surface area (Å²) in [7, 11) is 0. The molecule has 1 fully saturated rings. The van der Waals surface area contributed by atoms with Crippen LogP contribution in [0.15, 0.2) is 30.3 Å². The molecule has 6 nitrogen and oxygen atoms in total. The molecule has 0 aliphatic carbocycles. The molecule has 2 aromatic rings. The molecule has 3 aliphatic heterocycles. The van der Waals surface area contributed by atoms with Crippen LogP contribution < -0.4 is 23.8 Å². The summed E-state index contributed by atoms with van der Waals surface area (Å²) < 4.78 is 22.0. The van der Waals surface area contributed by atoms with Crippen LogP contribution in [0.3, 0.4) is 0 Å². The minimum Gasteiger partial charge on any atom is -0.507 e. The number of fused-ring (bicyclic) bond motifs is 2. The van der Waals surface area contributed by atoms with Gasteiger partial charge in [-0.05, 0) is 43.5 Å². The molecule has 0 bridgehead atoms. The maximum atomic E-state index is 10.7. The zero-order chi connectivity index (χ0) is 17.5. The number of phenolic OH excluding ortho intramolecular Hbond substituents is 1. The third-order valence-corrected chi connectivity index (χ3v) is 5.47. The van der Waals surface area contributed by atoms with E-state index in [0.717, 1.165) is 35.7 Å². The SMILES string of the molecule is Oc1cc2c(cc1[C@@H](c1ccc3c(c1)OCO3)[NH+]1CCCCC1)OCO2. The van der Waals surface area contributed by atoms with Crippen LogP contribution in [0, 0.1) is 0 Å². The average Bonchev–Trinajstić information content (AvgIpc) is 3.31. The van der Waals surface area contributed by atoms with Gasteiger partial charge in [0.15, 0.2) is 23.0 Å². The second-order valence-corrected chi connectivity index (χ2v) is 7.03. The molecule has 136 valence electrons. The van der Waals surface area contributed by atoms with Gasteiger partial charge in [0.25, 0.3) is 0 Å². The average molecular weight is 356 g/mol. The van der Waals surface area contributed by atoms with Gasteiger partial charge in [-0.2, -0.15) is 0 Å². The van der Waals surface area contributed by atoms with Gasteiger partial charge in [0, 0.05) is 11.6 Å². The van der Waals surface area contributed by atoms with Crippen molar-refractivity contribution in [2.24, 2.45) is 0 Å². The number of hydrogen-bond donors (Lipinski definition) is 2. The Hall–Kier alpha value is -2.60. The van der Waals surface area contributed by atoms with Crippen LogP contribution in [0.5, 0.6) is 28.7 Å². The Morgan fingerprint density at radius 1 is 0.769 bits per heavy atom. The topological polar surface area (TPSA) is 61.6 Å². The van der Waals surface area contributed by atoms with Crippen LogP contribution in [0.1, 0.15) is 36.4 Å². The van der Waals surface area contributed by atoms with Crippen LogP contribution in [-0.2, 0) is 0 Å². The van der Waals surface area contributed by atoms with Crippen LogP contribution in [0.2, 0.25) is 0 Å². The van der Waals surface area contributed by atoms with Gasteiger partial charge in [-0.15, -0.1) is 0 Å². The molecule has 26 heavy (non-hydrogen) atoms. The lowest BCUT2D eigenvalue weighted by atomic mass is 9.93. The van der Waals surface area contributed by atoms with E-state index in [1.165, 1.54) is 24.2 Å². The summed E-state index contributed by atoms with van der Waals surface area (Å²) >= 11 is 0. The molecule has 1 atom stereocenters. The van der Waals surface area contributed by atoms with E-state index in [1.807, 2.05) is 18.2 Å². The molecule has 3 aliphatic rings. The first kappa shape index (κ1) is 15.6. The van der Waals surface area contributed by atoms with Crippen LogP contribution >= 0.6 is 0 Å². The van der Waals surface area contributed by atoms with Crippen molar-refractivity contribution in [3.63, 3.8) is 0 Å². The number of quaternary nitrogens is 1. The minimum atomic E-state index is 0.0132. The monoisotopic (exact) mass is 356 g/mol. The van der Waals surface area contributed by atoms with Crippen molar-refractivity contribution >= 4 is 0 Å². The van der Waals surface area contributed by atoms with E-state index in [4.69, 9.17) is 18.9 Å². The summed E-state index contributed by atoms with van der Waals surface area (Å²) in [5.41, 5.74) is 1.98. The lowest BCUT2D eigenvalue weighted by Gasteiger charge is -2.32. The highest BCUT2D eigenvalue weighted by molar-refractivity contribution is 5.54. The van der Waals surface area contributed by atoms with Gasteiger partial charge in [-0.25, -0.2) is 0 Å². The number of piperidine rings is 1. The Morgan fingerprint density at radius 2 is 1.42 bits per heavy atom. The van der Waals surface area contributed by atoms with Crippen molar-refractivity contribution in [3.8, 4) is 28.7 Å². The zero-order valence-corrected chi connectivity index (χ0v) is 14.5. The molecule has 0 aromatic heterocycles. The van der Waals surface area contributed by atoms with Gasteiger partial charge in [0.2, 0.25) is 13.6 Å². The van der Waals surface area contributed by atoms with E-state index in [0.29, 0.717) is 11.5 Å². The number of rotatable bonds is 3. The normalized spacial score (nSPS) is 19.5. The Labute approximate surface area is 151 Å². The standard InChI is InChI=1S/C20H21NO5/c22-15-10-19-18(25-12-26-19)9-14(15)20(21-6-2-1-3-7-21)13-4-5-16-17(8-13)24-11-23-16/h4-5,8-10,20,22H,1-3,6-7,11-12H2/p+1/t20-/m1/s1. The zero-order valence-electron chi connectivity index (χ0n) is 14.5. The van der Waals surface area contributed by atoms with Gasteiger partial charge < -0.3 is 29.0 Å². The summed E-state index contributed by atoms with van der Waals surface area (Å²) in [5, 5.41) is 10.7. The molecular formula is C20H22NO5+. The molecule has 2 N–H and O–H groups in total. The maximum Gasteiger partial charge on any atom is 0.231 e. The fourth-order valence-corrected chi connectivity index (χ4v) is 4.20. The van der Waals surface area contributed by atoms with Gasteiger partial charge in [0.05, 0.1) is 18.7 Å². The number of aromatic hydroxyl groups is 1. The van der Waals surface area contributed by atoms with Crippen molar-refractivity contribution in [3.05, 3.63) is 41.5 Å². The highest BCUT2D eigenvalue weighted by Crippen LogP contribution is 2.42. The molecule has 0 saturated carbocycles. The number of hydrogen-bond acceptors (Lipinski definition) is 5. The van der Waals surface area contributed by atoms with E-state index in [9.17, 15) is 5.11 Å². The van der Waals surface area contributed by atoms with Crippen LogP contribution in [0.4, 0.5) is 0 Å². The Morgan fingerprint density at radius 3 is 2.19 bits per heavy atom. The van der Waals surface area contributed by atoms with Gasteiger partial charge in [0.1, 0.15) is 11.8 Å². The number of nitrogens with one attached hydrogen (secondary N) is 1. The summed E-state index contributed by atoms with van der Waals surface area (Å²) in [5.74, 6) is 3.08. The van der Waals surface area contributed by atoms with Crippen LogP contribution in [-0.4, -0.2) is 31.8 Å². The van der Waals surface area contributed by atoms with Gasteiger partial charge in [-0.3, -0.25) is 0 Å². The minimum absolute atomic E-state index is 0.0132. The number of benzene rings is 2. The molecule has 5 rings (SSSR count). The fraction of sp³-hybridized carbons (Fsp3) is 0.400. The van der Waals surface area contributed by atoms with Crippen molar-refractivity contribution in [2.45, 2.75) is 25.3 Å². The first-order valence-corrected chi connectivity index (χ1v) is 9.16. The third-order valence-electron chi connectivity index (χ3n) is 5.47. The summed E-state index contributed by atoms with van der Waals surface area (Å²) in [6.07, 6.45) is 3.66. The molecular weight excluding hydrogens is 334 g/mol. The smallest absolute Gasteiger partial charge is 0.231 e. The van der Waals surface area contributed by atoms with E-state index in [2.05, 4.69) is 6.07 Å². The predicted molar refractivity (Wildman–Crippen MR) is 93.2 cm³/mol. The molecule has 6 heteroatoms. The maximum absolute atomic E-state index is 10.7. The summed E-state index contributed by atoms with van der Waals surface area (Å²) in [4.78, 5) is 1.45. The molecule has 0 amide bonds. The van der Waals surface area contributed by atoms with E-state index in [-0.39, 0.29) is 25.4 Å². The molecule has 0 spiro atoms. The molecule has 3 heterocycles. The summed E-state index contributed by atoms with van der Waals surface area (Å²) in [6.45, 7) is 2.61. The highest BCUT2D eigenvalue weighted by Gasteiger charge is 2.33. The third kappa shape index (κ3) is 2.61. The van der Waals surface area contributed by atoms with E-state index >= 15 is 0 Å². The van der Waals surface area contributed by atoms with Crippen LogP contribution in [0.25, 0.3) is 0 Å². The molecule has 0 unspecified atom stereocenters. The highest BCUT2D eigenvalue weighted by atomic mass is 16.7. The first-order valence-electron chi connectivity index (χ1n) is 9.16. The number of phenols is 1. The predicted octanol–water partition coefficient (Wildman–Crippen LogP) is 2.01.